The summed E-state index contributed by atoms with van der Waals surface area (Å²) in [5, 5.41) is 7.78. The number of hydrogen-bond donors (Lipinski definition) is 1. The van der Waals surface area contributed by atoms with Gasteiger partial charge in [0.25, 0.3) is 0 Å². The summed E-state index contributed by atoms with van der Waals surface area (Å²) in [4.78, 5) is 6.75. The van der Waals surface area contributed by atoms with Gasteiger partial charge in [-0.2, -0.15) is 11.3 Å². The Hall–Kier alpha value is -1.39. The van der Waals surface area contributed by atoms with Crippen LogP contribution in [0.1, 0.15) is 37.4 Å². The molecule has 20 heavy (non-hydrogen) atoms. The predicted molar refractivity (Wildman–Crippen MR) is 87.4 cm³/mol. The van der Waals surface area contributed by atoms with Crippen LogP contribution < -0.4 is 10.2 Å². The number of hydrogen-bond acceptors (Lipinski definition) is 4. The summed E-state index contributed by atoms with van der Waals surface area (Å²) in [7, 11) is 2.08. The lowest BCUT2D eigenvalue weighted by Gasteiger charge is -2.19. The van der Waals surface area contributed by atoms with Gasteiger partial charge in [-0.1, -0.05) is 13.0 Å². The highest BCUT2D eigenvalue weighted by Crippen LogP contribution is 2.17. The maximum atomic E-state index is 4.58. The summed E-state index contributed by atoms with van der Waals surface area (Å²) >= 11 is 1.74. The standard InChI is InChI=1S/C16H23N3S/c1-4-8-17-13(2)15-5-6-16(18-10-15)19(3)11-14-7-9-20-12-14/h5-7,9-10,12-13,17H,4,8,11H2,1-3H3. The van der Waals surface area contributed by atoms with E-state index in [2.05, 4.69) is 65.1 Å². The third-order valence-corrected chi connectivity index (χ3v) is 4.09. The van der Waals surface area contributed by atoms with Gasteiger partial charge in [0.05, 0.1) is 0 Å². The lowest BCUT2D eigenvalue weighted by Crippen LogP contribution is -2.20. The van der Waals surface area contributed by atoms with Crippen LogP contribution >= 0.6 is 11.3 Å². The van der Waals surface area contributed by atoms with Crippen molar-refractivity contribution >= 4 is 17.2 Å². The van der Waals surface area contributed by atoms with Crippen LogP contribution in [0.25, 0.3) is 0 Å². The Bertz CT molecular complexity index is 493. The minimum Gasteiger partial charge on any atom is -0.355 e. The molecule has 2 aromatic rings. The van der Waals surface area contributed by atoms with Gasteiger partial charge in [-0.05, 0) is 53.9 Å². The van der Waals surface area contributed by atoms with Crippen LogP contribution in [0.5, 0.6) is 0 Å². The van der Waals surface area contributed by atoms with Gasteiger partial charge in [0, 0.05) is 25.8 Å². The Morgan fingerprint density at radius 3 is 2.80 bits per heavy atom. The molecule has 2 heterocycles. The second kappa shape index (κ2) is 7.41. The molecule has 2 aromatic heterocycles. The molecule has 0 bridgehead atoms. The third kappa shape index (κ3) is 4.05. The van der Waals surface area contributed by atoms with Crippen LogP contribution in [0.3, 0.4) is 0 Å². The molecule has 0 saturated heterocycles. The molecule has 0 aliphatic rings. The second-order valence-electron chi connectivity index (χ2n) is 5.11. The first-order valence-electron chi connectivity index (χ1n) is 7.12. The van der Waals surface area contributed by atoms with Crippen LogP contribution in [0.15, 0.2) is 35.2 Å². The number of nitrogens with zero attached hydrogens (tertiary/aromatic N) is 2. The normalized spacial score (nSPS) is 12.3. The molecule has 0 aliphatic carbocycles. The smallest absolute Gasteiger partial charge is 0.128 e. The highest BCUT2D eigenvalue weighted by molar-refractivity contribution is 7.07. The van der Waals surface area contributed by atoms with E-state index < -0.39 is 0 Å². The van der Waals surface area contributed by atoms with Crippen molar-refractivity contribution in [2.75, 3.05) is 18.5 Å². The molecule has 0 spiro atoms. The van der Waals surface area contributed by atoms with E-state index in [4.69, 9.17) is 0 Å². The van der Waals surface area contributed by atoms with Crippen LogP contribution in [0, 0.1) is 0 Å². The third-order valence-electron chi connectivity index (χ3n) is 3.36. The maximum absolute atomic E-state index is 4.58. The van der Waals surface area contributed by atoms with E-state index in [1.807, 2.05) is 6.20 Å². The van der Waals surface area contributed by atoms with Gasteiger partial charge in [-0.3, -0.25) is 0 Å². The number of pyridine rings is 1. The molecule has 0 aliphatic heterocycles. The van der Waals surface area contributed by atoms with Crippen molar-refractivity contribution in [3.05, 3.63) is 46.3 Å². The number of aromatic nitrogens is 1. The van der Waals surface area contributed by atoms with Crippen LogP contribution in [0.2, 0.25) is 0 Å². The van der Waals surface area contributed by atoms with Crippen molar-refractivity contribution < 1.29 is 0 Å². The molecule has 1 atom stereocenters. The number of anilines is 1. The number of nitrogens with one attached hydrogen (secondary N) is 1. The van der Waals surface area contributed by atoms with Gasteiger partial charge >= 0.3 is 0 Å². The van der Waals surface area contributed by atoms with E-state index in [9.17, 15) is 0 Å². The first-order chi connectivity index (χ1) is 9.70. The summed E-state index contributed by atoms with van der Waals surface area (Å²) in [6, 6.07) is 6.79. The van der Waals surface area contributed by atoms with Crippen LogP contribution in [-0.2, 0) is 6.54 Å². The molecule has 0 radical (unpaired) electrons. The molecule has 1 N–H and O–H groups in total. The maximum Gasteiger partial charge on any atom is 0.128 e. The molecule has 3 nitrogen and oxygen atoms in total. The van der Waals surface area contributed by atoms with Crippen molar-refractivity contribution in [3.8, 4) is 0 Å². The van der Waals surface area contributed by atoms with Crippen molar-refractivity contribution in [1.82, 2.24) is 10.3 Å². The Labute approximate surface area is 125 Å². The molecular formula is C16H23N3S. The zero-order valence-electron chi connectivity index (χ0n) is 12.5. The second-order valence-corrected chi connectivity index (χ2v) is 5.89. The minimum atomic E-state index is 0.360. The summed E-state index contributed by atoms with van der Waals surface area (Å²) in [5.41, 5.74) is 2.58. The Morgan fingerprint density at radius 1 is 1.35 bits per heavy atom. The van der Waals surface area contributed by atoms with Gasteiger partial charge in [-0.25, -0.2) is 4.98 Å². The number of rotatable bonds is 7. The minimum absolute atomic E-state index is 0.360. The fourth-order valence-corrected chi connectivity index (χ4v) is 2.76. The van der Waals surface area contributed by atoms with Gasteiger partial charge in [-0.15, -0.1) is 0 Å². The largest absolute Gasteiger partial charge is 0.355 e. The zero-order chi connectivity index (χ0) is 14.4. The molecule has 108 valence electrons. The summed E-state index contributed by atoms with van der Waals surface area (Å²) in [6.45, 7) is 6.31. The van der Waals surface area contributed by atoms with E-state index in [0.717, 1.165) is 25.3 Å². The summed E-state index contributed by atoms with van der Waals surface area (Å²) < 4.78 is 0. The van der Waals surface area contributed by atoms with E-state index >= 15 is 0 Å². The molecule has 0 saturated carbocycles. The van der Waals surface area contributed by atoms with E-state index in [-0.39, 0.29) is 0 Å². The van der Waals surface area contributed by atoms with E-state index in [1.54, 1.807) is 11.3 Å². The van der Waals surface area contributed by atoms with Crippen molar-refractivity contribution in [2.24, 2.45) is 0 Å². The van der Waals surface area contributed by atoms with Crippen molar-refractivity contribution in [3.63, 3.8) is 0 Å². The quantitative estimate of drug-likeness (QED) is 0.839. The predicted octanol–water partition coefficient (Wildman–Crippen LogP) is 3.84. The highest BCUT2D eigenvalue weighted by Gasteiger charge is 2.07. The lowest BCUT2D eigenvalue weighted by molar-refractivity contribution is 0.569. The summed E-state index contributed by atoms with van der Waals surface area (Å²) in [6.07, 6.45) is 3.13. The molecule has 4 heteroatoms. The first kappa shape index (κ1) is 15.0. The average molecular weight is 289 g/mol. The Balaban J connectivity index is 1.96. The Morgan fingerprint density at radius 2 is 2.20 bits per heavy atom. The fourth-order valence-electron chi connectivity index (χ4n) is 2.10. The van der Waals surface area contributed by atoms with E-state index in [1.165, 1.54) is 11.1 Å². The topological polar surface area (TPSA) is 28.2 Å². The first-order valence-corrected chi connectivity index (χ1v) is 8.06. The van der Waals surface area contributed by atoms with Gasteiger partial charge in [0.1, 0.15) is 5.82 Å². The SMILES string of the molecule is CCCNC(C)c1ccc(N(C)Cc2ccsc2)nc1. The average Bonchev–Trinajstić information content (AvgIpc) is 2.97. The van der Waals surface area contributed by atoms with Crippen LogP contribution in [-0.4, -0.2) is 18.6 Å². The fraction of sp³-hybridized carbons (Fsp3) is 0.438. The van der Waals surface area contributed by atoms with Gasteiger partial charge in [0.15, 0.2) is 0 Å². The van der Waals surface area contributed by atoms with Gasteiger partial charge in [0.2, 0.25) is 0 Å². The number of thiophene rings is 1. The monoisotopic (exact) mass is 289 g/mol. The van der Waals surface area contributed by atoms with Crippen LogP contribution in [0.4, 0.5) is 5.82 Å². The molecular weight excluding hydrogens is 266 g/mol. The van der Waals surface area contributed by atoms with Crippen molar-refractivity contribution in [1.29, 1.82) is 0 Å². The zero-order valence-corrected chi connectivity index (χ0v) is 13.3. The molecule has 0 fully saturated rings. The molecule has 2 rings (SSSR count). The highest BCUT2D eigenvalue weighted by atomic mass is 32.1. The molecule has 0 aromatic carbocycles. The van der Waals surface area contributed by atoms with Crippen molar-refractivity contribution in [2.45, 2.75) is 32.9 Å². The summed E-state index contributed by atoms with van der Waals surface area (Å²) in [5.74, 6) is 1.02. The molecule has 0 amide bonds. The lowest BCUT2D eigenvalue weighted by atomic mass is 10.1. The van der Waals surface area contributed by atoms with E-state index in [0.29, 0.717) is 6.04 Å². The Kier molecular flexibility index (Phi) is 5.56. The van der Waals surface area contributed by atoms with Gasteiger partial charge < -0.3 is 10.2 Å². The molecule has 1 unspecified atom stereocenters.